The highest BCUT2D eigenvalue weighted by molar-refractivity contribution is 6.31. The Bertz CT molecular complexity index is 1070. The van der Waals surface area contributed by atoms with Gasteiger partial charge in [0, 0.05) is 47.0 Å². The number of hydrogen-bond acceptors (Lipinski definition) is 4. The maximum absolute atomic E-state index is 13.2. The van der Waals surface area contributed by atoms with Crippen LogP contribution in [0.4, 0.5) is 0 Å². The zero-order chi connectivity index (χ0) is 19.1. The molecule has 0 unspecified atom stereocenters. The average molecular weight is 382 g/mol. The Hall–Kier alpha value is -2.63. The molecule has 1 aromatic heterocycles. The fourth-order valence-corrected chi connectivity index (χ4v) is 3.91. The summed E-state index contributed by atoms with van der Waals surface area (Å²) in [5, 5.41) is 12.4. The van der Waals surface area contributed by atoms with Crippen molar-refractivity contribution in [3.05, 3.63) is 69.4 Å². The van der Waals surface area contributed by atoms with Crippen molar-refractivity contribution < 1.29 is 14.7 Å². The van der Waals surface area contributed by atoms with Crippen LogP contribution < -0.4 is 5.11 Å². The number of aromatic amines is 1. The number of carbonyl (C=O) groups excluding carboxylic acids is 2. The number of aliphatic carboxylic acids is 1. The first-order valence-corrected chi connectivity index (χ1v) is 9.15. The molecule has 0 aliphatic carbocycles. The highest BCUT2D eigenvalue weighted by Gasteiger charge is 2.21. The van der Waals surface area contributed by atoms with Gasteiger partial charge < -0.3 is 19.8 Å². The molecule has 138 valence electrons. The summed E-state index contributed by atoms with van der Waals surface area (Å²) in [5.74, 6) is -1.46. The summed E-state index contributed by atoms with van der Waals surface area (Å²) in [6.07, 6.45) is 0.623. The van der Waals surface area contributed by atoms with Gasteiger partial charge in [0.2, 0.25) is 5.78 Å². The Morgan fingerprint density at radius 1 is 1.19 bits per heavy atom. The van der Waals surface area contributed by atoms with Crippen LogP contribution in [0, 0.1) is 0 Å². The van der Waals surface area contributed by atoms with Gasteiger partial charge in [-0.1, -0.05) is 29.8 Å². The van der Waals surface area contributed by atoms with Crippen molar-refractivity contribution in [1.29, 1.82) is 0 Å². The zero-order valence-electron chi connectivity index (χ0n) is 14.8. The molecule has 1 aliphatic rings. The van der Waals surface area contributed by atoms with Gasteiger partial charge in [0.05, 0.1) is 5.69 Å². The number of fused-ring (bicyclic) bond motifs is 2. The lowest BCUT2D eigenvalue weighted by Gasteiger charge is -2.25. The maximum Gasteiger partial charge on any atom is 0.209 e. The second kappa shape index (κ2) is 6.83. The van der Waals surface area contributed by atoms with E-state index >= 15 is 0 Å². The summed E-state index contributed by atoms with van der Waals surface area (Å²) >= 11 is 6.04. The molecule has 2 heterocycles. The number of hydrogen-bond donors (Lipinski definition) is 1. The van der Waals surface area contributed by atoms with Gasteiger partial charge in [-0.2, -0.15) is 0 Å². The molecule has 0 amide bonds. The van der Waals surface area contributed by atoms with E-state index in [1.54, 1.807) is 18.2 Å². The highest BCUT2D eigenvalue weighted by atomic mass is 35.5. The van der Waals surface area contributed by atoms with Crippen LogP contribution in [-0.4, -0.2) is 35.2 Å². The monoisotopic (exact) mass is 381 g/mol. The molecule has 27 heavy (non-hydrogen) atoms. The van der Waals surface area contributed by atoms with Gasteiger partial charge in [-0.25, -0.2) is 0 Å². The molecule has 0 radical (unpaired) electrons. The maximum atomic E-state index is 13.2. The van der Waals surface area contributed by atoms with E-state index in [1.807, 2.05) is 18.2 Å². The Morgan fingerprint density at radius 3 is 2.78 bits per heavy atom. The number of halogens is 1. The van der Waals surface area contributed by atoms with Gasteiger partial charge in [0.15, 0.2) is 0 Å². The van der Waals surface area contributed by atoms with Gasteiger partial charge in [-0.3, -0.25) is 4.79 Å². The second-order valence-corrected chi connectivity index (χ2v) is 7.45. The van der Waals surface area contributed by atoms with E-state index in [9.17, 15) is 14.7 Å². The summed E-state index contributed by atoms with van der Waals surface area (Å²) in [7, 11) is 2.05. The van der Waals surface area contributed by atoms with E-state index < -0.39 is 5.97 Å². The number of aromatic nitrogens is 1. The molecule has 0 saturated heterocycles. The first kappa shape index (κ1) is 17.8. The molecule has 1 aliphatic heterocycles. The molecular weight excluding hydrogens is 364 g/mol. The molecule has 0 spiro atoms. The van der Waals surface area contributed by atoms with Crippen LogP contribution in [0.1, 0.15) is 32.7 Å². The molecule has 2 aromatic carbocycles. The number of carbonyl (C=O) groups is 2. The largest absolute Gasteiger partial charge is 0.550 e. The molecule has 0 bridgehead atoms. The predicted molar refractivity (Wildman–Crippen MR) is 102 cm³/mol. The van der Waals surface area contributed by atoms with E-state index in [0.717, 1.165) is 25.1 Å². The van der Waals surface area contributed by atoms with E-state index in [-0.39, 0.29) is 17.9 Å². The topological polar surface area (TPSA) is 76.2 Å². The summed E-state index contributed by atoms with van der Waals surface area (Å²) in [6.45, 7) is 1.80. The van der Waals surface area contributed by atoms with E-state index in [2.05, 4.69) is 16.9 Å². The van der Waals surface area contributed by atoms with Crippen LogP contribution in [0.25, 0.3) is 10.9 Å². The van der Waals surface area contributed by atoms with Crippen molar-refractivity contribution in [1.82, 2.24) is 9.88 Å². The van der Waals surface area contributed by atoms with Crippen LogP contribution in [0.5, 0.6) is 0 Å². The Balaban J connectivity index is 1.80. The number of nitrogens with one attached hydrogen (secondary N) is 1. The third-order valence-electron chi connectivity index (χ3n) is 5.09. The highest BCUT2D eigenvalue weighted by Crippen LogP contribution is 2.28. The third kappa shape index (κ3) is 3.36. The number of ketones is 1. The zero-order valence-corrected chi connectivity index (χ0v) is 15.6. The number of H-pyrrole nitrogens is 1. The number of carboxylic acid groups (broad SMARTS) is 1. The minimum Gasteiger partial charge on any atom is -0.550 e. The Morgan fingerprint density at radius 2 is 2.00 bits per heavy atom. The van der Waals surface area contributed by atoms with Gasteiger partial charge in [0.25, 0.3) is 0 Å². The SMILES string of the molecule is CN1CCc2ccc(C(=O)c3[nH]c4cc(Cl)ccc4c3CC(=O)[O-])cc2C1. The summed E-state index contributed by atoms with van der Waals surface area (Å²) in [6, 6.07) is 10.8. The molecule has 0 atom stereocenters. The summed E-state index contributed by atoms with van der Waals surface area (Å²) in [4.78, 5) is 29.7. The first-order chi connectivity index (χ1) is 12.9. The minimum atomic E-state index is -1.23. The average Bonchev–Trinajstić information content (AvgIpc) is 2.97. The van der Waals surface area contributed by atoms with Gasteiger partial charge in [-0.05, 0) is 48.4 Å². The summed E-state index contributed by atoms with van der Waals surface area (Å²) < 4.78 is 0. The van der Waals surface area contributed by atoms with Crippen LogP contribution in [0.15, 0.2) is 36.4 Å². The lowest BCUT2D eigenvalue weighted by Crippen LogP contribution is -2.27. The number of rotatable bonds is 4. The van der Waals surface area contributed by atoms with Gasteiger partial charge >= 0.3 is 0 Å². The molecule has 3 aromatic rings. The lowest BCUT2D eigenvalue weighted by molar-refractivity contribution is -0.304. The van der Waals surface area contributed by atoms with Crippen molar-refractivity contribution in [2.75, 3.05) is 13.6 Å². The van der Waals surface area contributed by atoms with Crippen LogP contribution >= 0.6 is 11.6 Å². The molecule has 0 saturated carbocycles. The van der Waals surface area contributed by atoms with Crippen LogP contribution in [0.3, 0.4) is 0 Å². The van der Waals surface area contributed by atoms with Crippen molar-refractivity contribution in [3.63, 3.8) is 0 Å². The fourth-order valence-electron chi connectivity index (χ4n) is 3.73. The third-order valence-corrected chi connectivity index (χ3v) is 5.32. The van der Waals surface area contributed by atoms with Gasteiger partial charge in [0.1, 0.15) is 0 Å². The molecule has 1 N–H and O–H groups in total. The van der Waals surface area contributed by atoms with E-state index in [1.165, 1.54) is 5.56 Å². The molecular formula is C21H18ClN2O3-. The Kier molecular flexibility index (Phi) is 4.50. The quantitative estimate of drug-likeness (QED) is 0.704. The van der Waals surface area contributed by atoms with Gasteiger partial charge in [-0.15, -0.1) is 0 Å². The smallest absolute Gasteiger partial charge is 0.209 e. The standard InChI is InChI=1S/C21H19ClN2O3/c1-24-7-6-12-2-3-13(8-14(12)11-24)21(27)20-17(10-19(25)26)16-5-4-15(22)9-18(16)23-20/h2-5,8-9,23H,6-7,10-11H2,1H3,(H,25,26)/p-1. The number of likely N-dealkylation sites (N-methyl/N-ethyl adjacent to an activating group) is 1. The van der Waals surface area contributed by atoms with Crippen LogP contribution in [-0.2, 0) is 24.2 Å². The molecule has 4 rings (SSSR count). The molecule has 5 nitrogen and oxygen atoms in total. The first-order valence-electron chi connectivity index (χ1n) is 8.77. The van der Waals surface area contributed by atoms with Crippen LogP contribution in [0.2, 0.25) is 5.02 Å². The fraction of sp³-hybridized carbons (Fsp3) is 0.238. The summed E-state index contributed by atoms with van der Waals surface area (Å²) in [5.41, 5.74) is 4.28. The lowest BCUT2D eigenvalue weighted by atomic mass is 9.94. The molecule has 0 fully saturated rings. The second-order valence-electron chi connectivity index (χ2n) is 7.02. The van der Waals surface area contributed by atoms with Crippen molar-refractivity contribution in [2.45, 2.75) is 19.4 Å². The normalized spacial score (nSPS) is 14.3. The number of carboxylic acids is 1. The van der Waals surface area contributed by atoms with E-state index in [4.69, 9.17) is 11.6 Å². The minimum absolute atomic E-state index is 0.227. The predicted octanol–water partition coefficient (Wildman–Crippen LogP) is 2.33. The van der Waals surface area contributed by atoms with E-state index in [0.29, 0.717) is 27.1 Å². The molecule has 6 heteroatoms. The number of nitrogens with zero attached hydrogens (tertiary/aromatic N) is 1. The Labute approximate surface area is 161 Å². The number of benzene rings is 2. The van der Waals surface area contributed by atoms with Crippen molar-refractivity contribution >= 4 is 34.3 Å². The van der Waals surface area contributed by atoms with Crippen molar-refractivity contribution in [3.8, 4) is 0 Å². The van der Waals surface area contributed by atoms with Crippen molar-refractivity contribution in [2.24, 2.45) is 0 Å².